The van der Waals surface area contributed by atoms with Crippen molar-refractivity contribution in [2.24, 2.45) is 0 Å². The van der Waals surface area contributed by atoms with E-state index in [1.165, 1.54) is 30.5 Å². The van der Waals surface area contributed by atoms with E-state index in [4.69, 9.17) is 11.6 Å². The van der Waals surface area contributed by atoms with Crippen molar-refractivity contribution >= 4 is 23.2 Å². The van der Waals surface area contributed by atoms with Crippen molar-refractivity contribution in [2.45, 2.75) is 6.92 Å². The monoisotopic (exact) mass is 264 g/mol. The number of hydrogen-bond donors (Lipinski definition) is 1. The fourth-order valence-corrected chi connectivity index (χ4v) is 1.68. The Labute approximate surface area is 109 Å². The highest BCUT2D eigenvalue weighted by atomic mass is 35.5. The van der Waals surface area contributed by atoms with Gasteiger partial charge in [-0.15, -0.1) is 0 Å². The summed E-state index contributed by atoms with van der Waals surface area (Å²) in [6, 6.07) is 7.19. The summed E-state index contributed by atoms with van der Waals surface area (Å²) >= 11 is 5.70. The Bertz CT molecular complexity index is 601. The minimum atomic E-state index is -0.336. The molecule has 0 saturated heterocycles. The number of anilines is 1. The van der Waals surface area contributed by atoms with Crippen molar-refractivity contribution in [2.75, 3.05) is 5.32 Å². The van der Waals surface area contributed by atoms with Crippen LogP contribution in [0.3, 0.4) is 0 Å². The van der Waals surface area contributed by atoms with E-state index in [-0.39, 0.29) is 16.9 Å². The van der Waals surface area contributed by atoms with Crippen LogP contribution in [0.15, 0.2) is 36.5 Å². The van der Waals surface area contributed by atoms with Crippen LogP contribution in [0, 0.1) is 12.7 Å². The maximum absolute atomic E-state index is 12.9. The van der Waals surface area contributed by atoms with Crippen LogP contribution in [0.5, 0.6) is 0 Å². The molecule has 1 aromatic carbocycles. The van der Waals surface area contributed by atoms with Gasteiger partial charge in [-0.25, -0.2) is 9.37 Å². The zero-order valence-electron chi connectivity index (χ0n) is 9.58. The number of halogens is 2. The zero-order chi connectivity index (χ0) is 13.1. The van der Waals surface area contributed by atoms with Gasteiger partial charge in [0, 0.05) is 17.4 Å². The number of benzene rings is 1. The first-order valence-electron chi connectivity index (χ1n) is 5.25. The first-order chi connectivity index (χ1) is 8.56. The van der Waals surface area contributed by atoms with Gasteiger partial charge in [-0.1, -0.05) is 11.6 Å². The van der Waals surface area contributed by atoms with Crippen LogP contribution in [0.1, 0.15) is 15.9 Å². The number of carbonyl (C=O) groups excluding carboxylic acids is 1. The summed E-state index contributed by atoms with van der Waals surface area (Å²) in [6.45, 7) is 1.72. The molecule has 0 saturated carbocycles. The molecule has 1 amide bonds. The molecule has 0 spiro atoms. The maximum Gasteiger partial charge on any atom is 0.255 e. The number of nitrogens with one attached hydrogen (secondary N) is 1. The van der Waals surface area contributed by atoms with Crippen LogP contribution in [-0.4, -0.2) is 10.9 Å². The molecular formula is C13H10ClFN2O. The molecule has 2 aromatic rings. The maximum atomic E-state index is 12.9. The summed E-state index contributed by atoms with van der Waals surface area (Å²) in [5.41, 5.74) is 1.62. The molecule has 0 aliphatic heterocycles. The molecule has 0 aliphatic carbocycles. The third kappa shape index (κ3) is 2.84. The number of aryl methyl sites for hydroxylation is 1. The average molecular weight is 265 g/mol. The summed E-state index contributed by atoms with van der Waals surface area (Å²) in [6.07, 6.45) is 1.45. The van der Waals surface area contributed by atoms with Crippen molar-refractivity contribution in [3.05, 3.63) is 58.6 Å². The molecular weight excluding hydrogens is 255 g/mol. The molecule has 0 radical (unpaired) electrons. The topological polar surface area (TPSA) is 42.0 Å². The highest BCUT2D eigenvalue weighted by Gasteiger charge is 2.08. The van der Waals surface area contributed by atoms with Crippen molar-refractivity contribution in [1.29, 1.82) is 0 Å². The highest BCUT2D eigenvalue weighted by molar-refractivity contribution is 6.29. The van der Waals surface area contributed by atoms with Crippen molar-refractivity contribution in [3.63, 3.8) is 0 Å². The fourth-order valence-electron chi connectivity index (χ4n) is 1.51. The Balaban J connectivity index is 2.21. The molecule has 0 bridgehead atoms. The number of carbonyl (C=O) groups is 1. The number of rotatable bonds is 2. The fraction of sp³-hybridized carbons (Fsp3) is 0.0769. The second kappa shape index (κ2) is 5.14. The van der Waals surface area contributed by atoms with Gasteiger partial charge in [-0.05, 0) is 42.8 Å². The Morgan fingerprint density at radius 3 is 2.78 bits per heavy atom. The van der Waals surface area contributed by atoms with Crippen LogP contribution in [-0.2, 0) is 0 Å². The minimum Gasteiger partial charge on any atom is -0.322 e. The molecule has 92 valence electrons. The van der Waals surface area contributed by atoms with E-state index >= 15 is 0 Å². The summed E-state index contributed by atoms with van der Waals surface area (Å²) in [5, 5.41) is 2.94. The van der Waals surface area contributed by atoms with E-state index in [9.17, 15) is 9.18 Å². The lowest BCUT2D eigenvalue weighted by Crippen LogP contribution is -2.12. The Hall–Kier alpha value is -1.94. The molecule has 0 unspecified atom stereocenters. The van der Waals surface area contributed by atoms with Gasteiger partial charge in [0.15, 0.2) is 0 Å². The van der Waals surface area contributed by atoms with Crippen molar-refractivity contribution in [1.82, 2.24) is 4.98 Å². The first-order valence-corrected chi connectivity index (χ1v) is 5.63. The summed E-state index contributed by atoms with van der Waals surface area (Å²) in [4.78, 5) is 15.7. The number of pyridine rings is 1. The van der Waals surface area contributed by atoms with Gasteiger partial charge in [0.05, 0.1) is 0 Å². The van der Waals surface area contributed by atoms with Crippen LogP contribution in [0.2, 0.25) is 5.15 Å². The lowest BCUT2D eigenvalue weighted by molar-refractivity contribution is 0.102. The largest absolute Gasteiger partial charge is 0.322 e. The Morgan fingerprint density at radius 2 is 2.11 bits per heavy atom. The van der Waals surface area contributed by atoms with E-state index < -0.39 is 0 Å². The number of hydrogen-bond acceptors (Lipinski definition) is 2. The zero-order valence-corrected chi connectivity index (χ0v) is 10.3. The van der Waals surface area contributed by atoms with Gasteiger partial charge in [0.2, 0.25) is 0 Å². The smallest absolute Gasteiger partial charge is 0.255 e. The molecule has 2 rings (SSSR count). The predicted octanol–water partition coefficient (Wildman–Crippen LogP) is 3.43. The molecule has 1 N–H and O–H groups in total. The van der Waals surface area contributed by atoms with Gasteiger partial charge in [-0.3, -0.25) is 4.79 Å². The molecule has 0 aliphatic rings. The van der Waals surface area contributed by atoms with E-state index in [0.29, 0.717) is 16.8 Å². The molecule has 0 fully saturated rings. The predicted molar refractivity (Wildman–Crippen MR) is 68.3 cm³/mol. The molecule has 3 nitrogen and oxygen atoms in total. The van der Waals surface area contributed by atoms with Crippen LogP contribution < -0.4 is 5.32 Å². The Morgan fingerprint density at radius 1 is 1.33 bits per heavy atom. The highest BCUT2D eigenvalue weighted by Crippen LogP contribution is 2.17. The molecule has 18 heavy (non-hydrogen) atoms. The number of amides is 1. The molecule has 0 atom stereocenters. The van der Waals surface area contributed by atoms with Crippen LogP contribution in [0.4, 0.5) is 10.1 Å². The van der Waals surface area contributed by atoms with E-state index in [0.717, 1.165) is 0 Å². The lowest BCUT2D eigenvalue weighted by Gasteiger charge is -2.08. The lowest BCUT2D eigenvalue weighted by atomic mass is 10.2. The summed E-state index contributed by atoms with van der Waals surface area (Å²) < 4.78 is 12.9. The normalized spacial score (nSPS) is 10.2. The third-order valence-corrected chi connectivity index (χ3v) is 2.63. The second-order valence-electron chi connectivity index (χ2n) is 3.78. The Kier molecular flexibility index (Phi) is 3.58. The number of nitrogens with zero attached hydrogens (tertiary/aromatic N) is 1. The van der Waals surface area contributed by atoms with Gasteiger partial charge in [0.1, 0.15) is 11.0 Å². The van der Waals surface area contributed by atoms with Gasteiger partial charge in [0.25, 0.3) is 5.91 Å². The summed E-state index contributed by atoms with van der Waals surface area (Å²) in [7, 11) is 0. The van der Waals surface area contributed by atoms with Crippen molar-refractivity contribution < 1.29 is 9.18 Å². The second-order valence-corrected chi connectivity index (χ2v) is 4.17. The molecule has 1 heterocycles. The summed E-state index contributed by atoms with van der Waals surface area (Å²) in [5.74, 6) is -0.647. The minimum absolute atomic E-state index is 0.249. The quantitative estimate of drug-likeness (QED) is 0.845. The molecule has 5 heteroatoms. The number of aromatic nitrogens is 1. The first kappa shape index (κ1) is 12.5. The van der Waals surface area contributed by atoms with E-state index in [1.54, 1.807) is 13.0 Å². The van der Waals surface area contributed by atoms with Gasteiger partial charge in [-0.2, -0.15) is 0 Å². The van der Waals surface area contributed by atoms with E-state index in [1.807, 2.05) is 0 Å². The molecule has 1 aromatic heterocycles. The standard InChI is InChI=1S/C13H10ClFN2O/c1-8-6-10(15)2-3-11(8)17-13(18)9-4-5-16-12(14)7-9/h2-7H,1H3,(H,17,18). The van der Waals surface area contributed by atoms with Gasteiger partial charge < -0.3 is 5.32 Å². The average Bonchev–Trinajstić information content (AvgIpc) is 2.32. The third-order valence-electron chi connectivity index (χ3n) is 2.43. The van der Waals surface area contributed by atoms with Gasteiger partial charge >= 0.3 is 0 Å². The van der Waals surface area contributed by atoms with Crippen molar-refractivity contribution in [3.8, 4) is 0 Å². The van der Waals surface area contributed by atoms with E-state index in [2.05, 4.69) is 10.3 Å². The SMILES string of the molecule is Cc1cc(F)ccc1NC(=O)c1ccnc(Cl)c1. The van der Waals surface area contributed by atoms with Crippen LogP contribution >= 0.6 is 11.6 Å². The van der Waals surface area contributed by atoms with Crippen LogP contribution in [0.25, 0.3) is 0 Å².